The first kappa shape index (κ1) is 13.9. The normalized spacial score (nSPS) is 35.1. The third-order valence-corrected chi connectivity index (χ3v) is 5.81. The quantitative estimate of drug-likeness (QED) is 0.786. The van der Waals surface area contributed by atoms with Gasteiger partial charge in [-0.25, -0.2) is 0 Å². The Morgan fingerprint density at radius 2 is 1.95 bits per heavy atom. The molecule has 19 heavy (non-hydrogen) atoms. The Morgan fingerprint density at radius 1 is 1.21 bits per heavy atom. The molecule has 0 saturated heterocycles. The summed E-state index contributed by atoms with van der Waals surface area (Å²) in [7, 11) is 0. The fourth-order valence-electron chi connectivity index (χ4n) is 4.56. The second-order valence-electron chi connectivity index (χ2n) is 7.27. The van der Waals surface area contributed by atoms with Crippen LogP contribution in [-0.2, 0) is 4.74 Å². The predicted molar refractivity (Wildman–Crippen MR) is 79.3 cm³/mol. The van der Waals surface area contributed by atoms with Crippen molar-refractivity contribution in [3.05, 3.63) is 0 Å². The topological polar surface area (TPSA) is 21.3 Å². The van der Waals surface area contributed by atoms with Gasteiger partial charge in [-0.1, -0.05) is 32.1 Å². The molecule has 3 aliphatic carbocycles. The summed E-state index contributed by atoms with van der Waals surface area (Å²) in [6.45, 7) is 5.42. The van der Waals surface area contributed by atoms with Gasteiger partial charge < -0.3 is 10.1 Å². The van der Waals surface area contributed by atoms with Crippen molar-refractivity contribution in [3.8, 4) is 0 Å². The number of ether oxygens (including phenoxy) is 1. The Labute approximate surface area is 118 Å². The van der Waals surface area contributed by atoms with Gasteiger partial charge in [-0.05, 0) is 45.4 Å². The molecule has 0 heterocycles. The van der Waals surface area contributed by atoms with Crippen LogP contribution in [0.2, 0.25) is 0 Å². The molecule has 3 unspecified atom stereocenters. The summed E-state index contributed by atoms with van der Waals surface area (Å²) < 4.78 is 6.04. The highest BCUT2D eigenvalue weighted by molar-refractivity contribution is 5.09. The summed E-state index contributed by atoms with van der Waals surface area (Å²) in [6, 6.07) is 1.44. The number of nitrogens with one attached hydrogen (secondary N) is 1. The third kappa shape index (κ3) is 2.85. The molecule has 3 rings (SSSR count). The standard InChI is InChI=1S/C17H31NO/c1-3-19-16-12-15(17(16)9-5-4-6-10-17)18-13(2)11-14-7-8-14/h13-16,18H,3-12H2,1-2H3. The van der Waals surface area contributed by atoms with Crippen LogP contribution < -0.4 is 5.32 Å². The smallest absolute Gasteiger partial charge is 0.0661 e. The van der Waals surface area contributed by atoms with Crippen molar-refractivity contribution in [1.82, 2.24) is 5.32 Å². The van der Waals surface area contributed by atoms with Crippen molar-refractivity contribution in [3.63, 3.8) is 0 Å². The van der Waals surface area contributed by atoms with E-state index in [1.165, 1.54) is 57.8 Å². The van der Waals surface area contributed by atoms with Crippen LogP contribution in [-0.4, -0.2) is 24.8 Å². The van der Waals surface area contributed by atoms with Gasteiger partial charge in [0.1, 0.15) is 0 Å². The highest BCUT2D eigenvalue weighted by Crippen LogP contribution is 2.53. The van der Waals surface area contributed by atoms with Crippen LogP contribution >= 0.6 is 0 Å². The lowest BCUT2D eigenvalue weighted by molar-refractivity contribution is -0.152. The summed E-state index contributed by atoms with van der Waals surface area (Å²) in [5, 5.41) is 3.96. The van der Waals surface area contributed by atoms with Crippen LogP contribution in [0.1, 0.15) is 71.6 Å². The van der Waals surface area contributed by atoms with Crippen molar-refractivity contribution < 1.29 is 4.74 Å². The Balaban J connectivity index is 1.57. The van der Waals surface area contributed by atoms with E-state index in [0.29, 0.717) is 17.6 Å². The molecule has 0 aromatic rings. The second-order valence-corrected chi connectivity index (χ2v) is 7.27. The van der Waals surface area contributed by atoms with Gasteiger partial charge in [-0.3, -0.25) is 0 Å². The van der Waals surface area contributed by atoms with Crippen molar-refractivity contribution in [2.24, 2.45) is 11.3 Å². The summed E-state index contributed by atoms with van der Waals surface area (Å²) in [5.74, 6) is 1.03. The molecule has 3 fully saturated rings. The minimum atomic E-state index is 0.492. The highest BCUT2D eigenvalue weighted by atomic mass is 16.5. The van der Waals surface area contributed by atoms with Crippen LogP contribution in [0.3, 0.4) is 0 Å². The molecule has 0 radical (unpaired) electrons. The van der Waals surface area contributed by atoms with E-state index in [0.717, 1.165) is 18.6 Å². The molecule has 2 heteroatoms. The van der Waals surface area contributed by atoms with Crippen LogP contribution in [0.5, 0.6) is 0 Å². The van der Waals surface area contributed by atoms with E-state index < -0.39 is 0 Å². The highest BCUT2D eigenvalue weighted by Gasteiger charge is 2.55. The molecular formula is C17H31NO. The largest absolute Gasteiger partial charge is 0.378 e. The van der Waals surface area contributed by atoms with E-state index in [1.807, 2.05) is 0 Å². The van der Waals surface area contributed by atoms with Gasteiger partial charge in [0.15, 0.2) is 0 Å². The molecule has 0 aliphatic heterocycles. The van der Waals surface area contributed by atoms with Gasteiger partial charge in [0.05, 0.1) is 6.10 Å². The van der Waals surface area contributed by atoms with E-state index in [4.69, 9.17) is 4.74 Å². The zero-order valence-electron chi connectivity index (χ0n) is 12.8. The molecule has 3 aliphatic rings. The van der Waals surface area contributed by atoms with E-state index in [1.54, 1.807) is 0 Å². The van der Waals surface area contributed by atoms with E-state index in [9.17, 15) is 0 Å². The fourth-order valence-corrected chi connectivity index (χ4v) is 4.56. The summed E-state index contributed by atoms with van der Waals surface area (Å²) in [4.78, 5) is 0. The third-order valence-electron chi connectivity index (χ3n) is 5.81. The Kier molecular flexibility index (Phi) is 4.19. The van der Waals surface area contributed by atoms with Crippen LogP contribution in [0.25, 0.3) is 0 Å². The average Bonchev–Trinajstić information content (AvgIpc) is 3.22. The molecule has 0 aromatic carbocycles. The lowest BCUT2D eigenvalue weighted by atomic mass is 9.55. The van der Waals surface area contributed by atoms with Crippen LogP contribution in [0.4, 0.5) is 0 Å². The monoisotopic (exact) mass is 265 g/mol. The maximum absolute atomic E-state index is 6.04. The minimum absolute atomic E-state index is 0.492. The molecule has 1 N–H and O–H groups in total. The molecule has 110 valence electrons. The first-order valence-electron chi connectivity index (χ1n) is 8.62. The summed E-state index contributed by atoms with van der Waals surface area (Å²) in [6.07, 6.45) is 13.2. The average molecular weight is 265 g/mol. The zero-order chi connectivity index (χ0) is 13.3. The van der Waals surface area contributed by atoms with Gasteiger partial charge in [-0.2, -0.15) is 0 Å². The maximum Gasteiger partial charge on any atom is 0.0661 e. The minimum Gasteiger partial charge on any atom is -0.378 e. The van der Waals surface area contributed by atoms with E-state index in [2.05, 4.69) is 19.2 Å². The first-order chi connectivity index (χ1) is 9.24. The second kappa shape index (κ2) is 5.73. The number of rotatable bonds is 6. The SMILES string of the molecule is CCOC1CC(NC(C)CC2CC2)C12CCCCC2. The number of hydrogen-bond donors (Lipinski definition) is 1. The van der Waals surface area contributed by atoms with Crippen molar-refractivity contribution in [2.75, 3.05) is 6.61 Å². The molecule has 0 aromatic heterocycles. The van der Waals surface area contributed by atoms with Gasteiger partial charge in [0.2, 0.25) is 0 Å². The maximum atomic E-state index is 6.04. The fraction of sp³-hybridized carbons (Fsp3) is 1.00. The predicted octanol–water partition coefficient (Wildman–Crippen LogP) is 3.89. The van der Waals surface area contributed by atoms with E-state index >= 15 is 0 Å². The Morgan fingerprint density at radius 3 is 2.58 bits per heavy atom. The van der Waals surface area contributed by atoms with Gasteiger partial charge >= 0.3 is 0 Å². The summed E-state index contributed by atoms with van der Waals surface area (Å²) >= 11 is 0. The van der Waals surface area contributed by atoms with Gasteiger partial charge in [-0.15, -0.1) is 0 Å². The van der Waals surface area contributed by atoms with Crippen molar-refractivity contribution >= 4 is 0 Å². The Bertz CT molecular complexity index is 294. The van der Waals surface area contributed by atoms with E-state index in [-0.39, 0.29) is 0 Å². The summed E-state index contributed by atoms with van der Waals surface area (Å²) in [5.41, 5.74) is 0.492. The zero-order valence-corrected chi connectivity index (χ0v) is 12.8. The molecule has 0 amide bonds. The first-order valence-corrected chi connectivity index (χ1v) is 8.62. The lowest BCUT2D eigenvalue weighted by Gasteiger charge is -2.58. The van der Waals surface area contributed by atoms with Crippen molar-refractivity contribution in [1.29, 1.82) is 0 Å². The molecule has 1 spiro atoms. The molecule has 0 bridgehead atoms. The molecular weight excluding hydrogens is 234 g/mol. The lowest BCUT2D eigenvalue weighted by Crippen LogP contribution is -2.65. The Hall–Kier alpha value is -0.0800. The van der Waals surface area contributed by atoms with Crippen molar-refractivity contribution in [2.45, 2.75) is 89.8 Å². The molecule has 2 nitrogen and oxygen atoms in total. The number of hydrogen-bond acceptors (Lipinski definition) is 2. The molecule has 3 saturated carbocycles. The molecule has 3 atom stereocenters. The van der Waals surface area contributed by atoms with Crippen LogP contribution in [0, 0.1) is 11.3 Å². The van der Waals surface area contributed by atoms with Gasteiger partial charge in [0, 0.05) is 24.1 Å². The van der Waals surface area contributed by atoms with Crippen LogP contribution in [0.15, 0.2) is 0 Å². The van der Waals surface area contributed by atoms with Gasteiger partial charge in [0.25, 0.3) is 0 Å².